The van der Waals surface area contributed by atoms with Gasteiger partial charge in [-0.1, -0.05) is 31.5 Å². The molecule has 1 rings (SSSR count). The number of hydrogen-bond donors (Lipinski definition) is 2. The Kier molecular flexibility index (Phi) is 7.98. The number of hydrogen-bond acceptors (Lipinski definition) is 4. The second-order valence-electron chi connectivity index (χ2n) is 4.64. The van der Waals surface area contributed by atoms with E-state index in [0.29, 0.717) is 23.6 Å². The second-order valence-corrected chi connectivity index (χ2v) is 6.83. The molecule has 0 fully saturated rings. The topological polar surface area (TPSA) is 85.1 Å². The van der Waals surface area contributed by atoms with Gasteiger partial charge < -0.3 is 5.73 Å². The van der Waals surface area contributed by atoms with Crippen molar-refractivity contribution in [3.05, 3.63) is 29.0 Å². The van der Waals surface area contributed by atoms with Crippen molar-refractivity contribution < 1.29 is 8.42 Å². The van der Waals surface area contributed by atoms with E-state index in [9.17, 15) is 8.42 Å². The quantitative estimate of drug-likeness (QED) is 0.743. The molecule has 1 aromatic rings. The van der Waals surface area contributed by atoms with Crippen molar-refractivity contribution >= 4 is 34.0 Å². The molecule has 0 aliphatic rings. The molecule has 0 spiro atoms. The lowest BCUT2D eigenvalue weighted by Crippen LogP contribution is -2.49. The molecule has 0 bridgehead atoms. The Labute approximate surface area is 131 Å². The molecule has 5 nitrogen and oxygen atoms in total. The first-order valence-corrected chi connectivity index (χ1v) is 8.20. The van der Waals surface area contributed by atoms with Crippen molar-refractivity contribution in [1.29, 1.82) is 0 Å². The van der Waals surface area contributed by atoms with Crippen LogP contribution in [0.4, 0.5) is 0 Å². The smallest absolute Gasteiger partial charge is 0.215 e. The Morgan fingerprint density at radius 3 is 2.40 bits per heavy atom. The number of pyridine rings is 1. The van der Waals surface area contributed by atoms with Gasteiger partial charge in [-0.05, 0) is 24.5 Å². The van der Waals surface area contributed by atoms with Crippen LogP contribution in [0.5, 0.6) is 0 Å². The van der Waals surface area contributed by atoms with E-state index in [-0.39, 0.29) is 24.7 Å². The van der Waals surface area contributed by atoms with Gasteiger partial charge in [-0.15, -0.1) is 12.4 Å². The Balaban J connectivity index is 0.00000361. The zero-order chi connectivity index (χ0) is 14.5. The van der Waals surface area contributed by atoms with E-state index in [4.69, 9.17) is 17.3 Å². The number of rotatable bonds is 7. The van der Waals surface area contributed by atoms with Gasteiger partial charge in [0.15, 0.2) is 0 Å². The summed E-state index contributed by atoms with van der Waals surface area (Å²) in [5.74, 6) is -0.124. The molecule has 0 aromatic carbocycles. The zero-order valence-corrected chi connectivity index (χ0v) is 14.0. The number of nitrogens with zero attached hydrogens (tertiary/aromatic N) is 1. The van der Waals surface area contributed by atoms with E-state index in [1.54, 1.807) is 12.1 Å². The summed E-state index contributed by atoms with van der Waals surface area (Å²) in [6, 6.07) is 3.21. The van der Waals surface area contributed by atoms with Crippen LogP contribution >= 0.6 is 24.0 Å². The molecule has 0 radical (unpaired) electrons. The van der Waals surface area contributed by atoms with Crippen LogP contribution in [-0.4, -0.2) is 25.5 Å². The third-order valence-corrected chi connectivity index (χ3v) is 4.72. The Morgan fingerprint density at radius 2 is 1.95 bits per heavy atom. The first-order chi connectivity index (χ1) is 8.80. The predicted octanol–water partition coefficient (Wildman–Crippen LogP) is 2.09. The number of nitrogens with two attached hydrogens (primary N) is 1. The largest absolute Gasteiger partial charge is 0.324 e. The number of sulfonamides is 1. The molecule has 1 heterocycles. The summed E-state index contributed by atoms with van der Waals surface area (Å²) in [5.41, 5.74) is 6.16. The van der Waals surface area contributed by atoms with Crippen LogP contribution < -0.4 is 10.5 Å². The minimum absolute atomic E-state index is 0. The lowest BCUT2D eigenvalue weighted by Gasteiger charge is -2.26. The molecule has 1 aromatic heterocycles. The number of halogens is 2. The lowest BCUT2D eigenvalue weighted by molar-refractivity contribution is 0.391. The third-order valence-electron chi connectivity index (χ3n) is 3.20. The lowest BCUT2D eigenvalue weighted by atomic mass is 9.95. The van der Waals surface area contributed by atoms with Crippen LogP contribution in [0.2, 0.25) is 5.15 Å². The molecule has 0 amide bonds. The highest BCUT2D eigenvalue weighted by atomic mass is 35.5. The fourth-order valence-corrected chi connectivity index (χ4v) is 2.85. The van der Waals surface area contributed by atoms with Crippen LogP contribution in [0.3, 0.4) is 0 Å². The molecular weight excluding hydrogens is 321 g/mol. The van der Waals surface area contributed by atoms with E-state index in [1.165, 1.54) is 6.20 Å². The van der Waals surface area contributed by atoms with E-state index in [2.05, 4.69) is 9.71 Å². The first kappa shape index (κ1) is 19.6. The average molecular weight is 342 g/mol. The fraction of sp³-hybridized carbons (Fsp3) is 0.583. The van der Waals surface area contributed by atoms with Crippen molar-refractivity contribution in [2.24, 2.45) is 5.73 Å². The first-order valence-electron chi connectivity index (χ1n) is 6.17. The summed E-state index contributed by atoms with van der Waals surface area (Å²) in [6.45, 7) is 4.13. The van der Waals surface area contributed by atoms with Gasteiger partial charge in [0.2, 0.25) is 10.0 Å². The highest BCUT2D eigenvalue weighted by Crippen LogP contribution is 2.12. The second kappa shape index (κ2) is 8.14. The van der Waals surface area contributed by atoms with Gasteiger partial charge in [-0.25, -0.2) is 18.1 Å². The summed E-state index contributed by atoms with van der Waals surface area (Å²) in [4.78, 5) is 3.85. The monoisotopic (exact) mass is 341 g/mol. The molecule has 0 saturated heterocycles. The molecule has 0 aliphatic heterocycles. The zero-order valence-electron chi connectivity index (χ0n) is 11.6. The molecular formula is C12H21Cl2N3O2S. The minimum atomic E-state index is -3.41. The summed E-state index contributed by atoms with van der Waals surface area (Å²) in [6.07, 6.45) is 2.89. The molecule has 0 atom stereocenters. The average Bonchev–Trinajstić information content (AvgIpc) is 2.39. The molecule has 116 valence electrons. The minimum Gasteiger partial charge on any atom is -0.324 e. The molecule has 0 unspecified atom stereocenters. The molecule has 0 saturated carbocycles. The maximum Gasteiger partial charge on any atom is 0.215 e. The highest BCUT2D eigenvalue weighted by Gasteiger charge is 2.23. The molecule has 8 heteroatoms. The normalized spacial score (nSPS) is 12.0. The van der Waals surface area contributed by atoms with Crippen molar-refractivity contribution in [2.75, 3.05) is 6.54 Å². The van der Waals surface area contributed by atoms with Crippen LogP contribution in [0.15, 0.2) is 18.3 Å². The van der Waals surface area contributed by atoms with Crippen molar-refractivity contribution in [3.63, 3.8) is 0 Å². The number of aromatic nitrogens is 1. The van der Waals surface area contributed by atoms with Gasteiger partial charge >= 0.3 is 0 Å². The van der Waals surface area contributed by atoms with E-state index < -0.39 is 15.6 Å². The molecule has 0 aliphatic carbocycles. The summed E-state index contributed by atoms with van der Waals surface area (Å²) < 4.78 is 26.4. The summed E-state index contributed by atoms with van der Waals surface area (Å²) in [5, 5.41) is 0.340. The van der Waals surface area contributed by atoms with Crippen molar-refractivity contribution in [1.82, 2.24) is 9.71 Å². The van der Waals surface area contributed by atoms with Crippen LogP contribution in [0.1, 0.15) is 32.3 Å². The van der Waals surface area contributed by atoms with Crippen molar-refractivity contribution in [3.8, 4) is 0 Å². The molecule has 20 heavy (non-hydrogen) atoms. The van der Waals surface area contributed by atoms with Gasteiger partial charge in [-0.3, -0.25) is 0 Å². The third kappa shape index (κ3) is 6.37. The van der Waals surface area contributed by atoms with Crippen LogP contribution in [-0.2, 0) is 15.8 Å². The van der Waals surface area contributed by atoms with Gasteiger partial charge in [0, 0.05) is 18.3 Å². The standard InChI is InChI=1S/C12H20ClN3O2S.ClH/c1-3-12(14,4-2)9-16-19(17,18)8-10-5-6-11(13)15-7-10;/h5-7,16H,3-4,8-9,14H2,1-2H3;1H. The Morgan fingerprint density at radius 1 is 1.35 bits per heavy atom. The van der Waals surface area contributed by atoms with Gasteiger partial charge in [0.25, 0.3) is 0 Å². The van der Waals surface area contributed by atoms with Crippen LogP contribution in [0.25, 0.3) is 0 Å². The number of nitrogens with one attached hydrogen (secondary N) is 1. The summed E-state index contributed by atoms with van der Waals surface area (Å²) in [7, 11) is -3.41. The SMILES string of the molecule is CCC(N)(CC)CNS(=O)(=O)Cc1ccc(Cl)nc1.Cl. The predicted molar refractivity (Wildman–Crippen MR) is 84.6 cm³/mol. The fourth-order valence-electron chi connectivity index (χ4n) is 1.52. The van der Waals surface area contributed by atoms with E-state index in [0.717, 1.165) is 0 Å². The summed E-state index contributed by atoms with van der Waals surface area (Å²) >= 11 is 5.65. The van der Waals surface area contributed by atoms with E-state index in [1.807, 2.05) is 13.8 Å². The van der Waals surface area contributed by atoms with E-state index >= 15 is 0 Å². The van der Waals surface area contributed by atoms with Crippen LogP contribution in [0, 0.1) is 0 Å². The maximum absolute atomic E-state index is 11.9. The maximum atomic E-state index is 11.9. The van der Waals surface area contributed by atoms with Crippen molar-refractivity contribution in [2.45, 2.75) is 38.0 Å². The molecule has 3 N–H and O–H groups in total. The van der Waals surface area contributed by atoms with Gasteiger partial charge in [-0.2, -0.15) is 0 Å². The van der Waals surface area contributed by atoms with Gasteiger partial charge in [0.1, 0.15) is 5.15 Å². The highest BCUT2D eigenvalue weighted by molar-refractivity contribution is 7.88. The Bertz CT molecular complexity index is 502. The van der Waals surface area contributed by atoms with Gasteiger partial charge in [0.05, 0.1) is 5.75 Å². The Hall–Kier alpha value is -0.400.